The Bertz CT molecular complexity index is 473. The summed E-state index contributed by atoms with van der Waals surface area (Å²) in [5, 5.41) is 1.04. The van der Waals surface area contributed by atoms with Gasteiger partial charge in [0.05, 0.1) is 12.4 Å². The van der Waals surface area contributed by atoms with Gasteiger partial charge in [0.25, 0.3) is 0 Å². The molecule has 0 radical (unpaired) electrons. The van der Waals surface area contributed by atoms with Crippen LogP contribution in [0.15, 0.2) is 35.3 Å². The molecule has 0 atom stereocenters. The third-order valence-electron chi connectivity index (χ3n) is 1.95. The summed E-state index contributed by atoms with van der Waals surface area (Å²) in [6, 6.07) is 7.75. The van der Waals surface area contributed by atoms with E-state index in [0.717, 1.165) is 10.9 Å². The van der Waals surface area contributed by atoms with E-state index < -0.39 is 0 Å². The number of H-pyrrole nitrogens is 1. The molecule has 12 heavy (non-hydrogen) atoms. The fourth-order valence-corrected chi connectivity index (χ4v) is 1.26. The average Bonchev–Trinajstić information content (AvgIpc) is 2.12. The van der Waals surface area contributed by atoms with Crippen LogP contribution in [-0.4, -0.2) is 4.98 Å². The van der Waals surface area contributed by atoms with Crippen LogP contribution >= 0.6 is 0 Å². The second-order valence-electron chi connectivity index (χ2n) is 2.71. The van der Waals surface area contributed by atoms with Gasteiger partial charge in [-0.15, -0.1) is 0 Å². The highest BCUT2D eigenvalue weighted by Crippen LogP contribution is 2.03. The average molecular weight is 161 g/mol. The van der Waals surface area contributed by atoms with Gasteiger partial charge in [-0.3, -0.25) is 0 Å². The molecule has 0 amide bonds. The van der Waals surface area contributed by atoms with Crippen LogP contribution in [0.4, 0.5) is 0 Å². The molecule has 0 saturated heterocycles. The number of rotatable bonds is 0. The van der Waals surface area contributed by atoms with E-state index >= 15 is 0 Å². The van der Waals surface area contributed by atoms with Crippen LogP contribution in [0, 0.1) is 0 Å². The third kappa shape index (κ3) is 0.906. The van der Waals surface area contributed by atoms with Crippen LogP contribution < -0.4 is 10.3 Å². The van der Waals surface area contributed by atoms with Crippen LogP contribution in [0.5, 0.6) is 0 Å². The van der Waals surface area contributed by atoms with Gasteiger partial charge in [0.2, 0.25) is 0 Å². The molecule has 1 aromatic heterocycles. The van der Waals surface area contributed by atoms with Gasteiger partial charge in [-0.25, -0.2) is 4.98 Å². The van der Waals surface area contributed by atoms with Crippen molar-refractivity contribution in [2.75, 3.05) is 0 Å². The van der Waals surface area contributed by atoms with E-state index in [-0.39, 0.29) is 5.69 Å². The Morgan fingerprint density at radius 1 is 1.33 bits per heavy atom. The first-order chi connectivity index (χ1) is 5.79. The summed E-state index contributed by atoms with van der Waals surface area (Å²) in [7, 11) is 1.75. The van der Waals surface area contributed by atoms with E-state index in [1.54, 1.807) is 17.8 Å². The van der Waals surface area contributed by atoms with Crippen molar-refractivity contribution < 1.29 is 4.57 Å². The quantitative estimate of drug-likeness (QED) is 0.556. The number of aryl methyl sites for hydroxylation is 1. The van der Waals surface area contributed by atoms with Crippen LogP contribution in [-0.2, 0) is 7.05 Å². The summed E-state index contributed by atoms with van der Waals surface area (Å²) in [4.78, 5) is 13.8. The molecule has 2 rings (SSSR count). The zero-order valence-electron chi connectivity index (χ0n) is 6.74. The molecule has 3 nitrogen and oxygen atoms in total. The molecule has 3 heteroatoms. The van der Waals surface area contributed by atoms with Crippen molar-refractivity contribution >= 4 is 10.9 Å². The van der Waals surface area contributed by atoms with E-state index in [1.807, 2.05) is 24.3 Å². The van der Waals surface area contributed by atoms with Crippen molar-refractivity contribution in [2.24, 2.45) is 7.05 Å². The zero-order valence-corrected chi connectivity index (χ0v) is 6.74. The van der Waals surface area contributed by atoms with Gasteiger partial charge < -0.3 is 0 Å². The minimum Gasteiger partial charge on any atom is -0.210 e. The van der Waals surface area contributed by atoms with Gasteiger partial charge >= 0.3 is 5.69 Å². The minimum atomic E-state index is -0.0892. The van der Waals surface area contributed by atoms with Crippen LogP contribution in [0.2, 0.25) is 0 Å². The Hall–Kier alpha value is -1.64. The smallest absolute Gasteiger partial charge is 0.210 e. The SMILES string of the molecule is C[n+]1c(=O)[nH]cc2ccccc21. The van der Waals surface area contributed by atoms with Crippen molar-refractivity contribution in [3.63, 3.8) is 0 Å². The summed E-state index contributed by atoms with van der Waals surface area (Å²) >= 11 is 0. The van der Waals surface area contributed by atoms with E-state index in [1.165, 1.54) is 0 Å². The molecule has 1 heterocycles. The highest BCUT2D eigenvalue weighted by Gasteiger charge is 2.03. The van der Waals surface area contributed by atoms with E-state index in [0.29, 0.717) is 0 Å². The number of nitrogens with one attached hydrogen (secondary N) is 1. The molecule has 1 N–H and O–H groups in total. The van der Waals surface area contributed by atoms with Crippen molar-refractivity contribution in [1.82, 2.24) is 4.98 Å². The maximum absolute atomic E-state index is 11.1. The summed E-state index contributed by atoms with van der Waals surface area (Å²) in [5.41, 5.74) is 0.856. The van der Waals surface area contributed by atoms with E-state index in [4.69, 9.17) is 0 Å². The Morgan fingerprint density at radius 2 is 2.08 bits per heavy atom. The van der Waals surface area contributed by atoms with Gasteiger partial charge in [-0.1, -0.05) is 12.1 Å². The van der Waals surface area contributed by atoms with Gasteiger partial charge in [0.1, 0.15) is 11.7 Å². The predicted octanol–water partition coefficient (Wildman–Crippen LogP) is 0.353. The lowest BCUT2D eigenvalue weighted by Gasteiger charge is -1.94. The monoisotopic (exact) mass is 161 g/mol. The number of aromatic amines is 1. The van der Waals surface area contributed by atoms with Crippen LogP contribution in [0.25, 0.3) is 10.9 Å². The fourth-order valence-electron chi connectivity index (χ4n) is 1.26. The second-order valence-corrected chi connectivity index (χ2v) is 2.71. The molecule has 0 aliphatic heterocycles. The lowest BCUT2D eigenvalue weighted by Crippen LogP contribution is -2.48. The van der Waals surface area contributed by atoms with Crippen molar-refractivity contribution in [2.45, 2.75) is 0 Å². The Labute approximate surface area is 69.3 Å². The molecule has 0 aliphatic carbocycles. The molecular formula is C9H9N2O+. The predicted molar refractivity (Wildman–Crippen MR) is 45.7 cm³/mol. The molecular weight excluding hydrogens is 152 g/mol. The molecule has 0 spiro atoms. The first kappa shape index (κ1) is 7.03. The molecule has 60 valence electrons. The zero-order chi connectivity index (χ0) is 8.55. The Morgan fingerprint density at radius 3 is 2.92 bits per heavy atom. The first-order valence-corrected chi connectivity index (χ1v) is 3.75. The summed E-state index contributed by atoms with van der Waals surface area (Å²) in [6.45, 7) is 0. The number of hydrogen-bond donors (Lipinski definition) is 1. The maximum atomic E-state index is 11.1. The topological polar surface area (TPSA) is 36.7 Å². The number of fused-ring (bicyclic) bond motifs is 1. The summed E-state index contributed by atoms with van der Waals surface area (Å²) in [6.07, 6.45) is 1.72. The first-order valence-electron chi connectivity index (χ1n) is 3.75. The largest absolute Gasteiger partial charge is 0.495 e. The number of para-hydroxylation sites is 1. The molecule has 1 aromatic carbocycles. The Kier molecular flexibility index (Phi) is 1.43. The van der Waals surface area contributed by atoms with Crippen LogP contribution in [0.3, 0.4) is 0 Å². The molecule has 0 aliphatic rings. The Balaban J connectivity index is 3.01. The summed E-state index contributed by atoms with van der Waals surface area (Å²) < 4.78 is 1.59. The molecule has 0 unspecified atom stereocenters. The number of benzene rings is 1. The molecule has 0 bridgehead atoms. The van der Waals surface area contributed by atoms with Gasteiger partial charge in [-0.2, -0.15) is 9.36 Å². The number of aromatic nitrogens is 2. The highest BCUT2D eigenvalue weighted by molar-refractivity contribution is 5.73. The number of nitrogens with zero attached hydrogens (tertiary/aromatic N) is 1. The van der Waals surface area contributed by atoms with Gasteiger partial charge in [0.15, 0.2) is 0 Å². The van der Waals surface area contributed by atoms with Crippen molar-refractivity contribution in [3.05, 3.63) is 40.9 Å². The lowest BCUT2D eigenvalue weighted by molar-refractivity contribution is -0.663. The standard InChI is InChI=1S/C9H8N2O/c1-11-8-5-3-2-4-7(8)6-10-9(11)12/h2-6H,1H3/p+1. The van der Waals surface area contributed by atoms with E-state index in [9.17, 15) is 4.79 Å². The number of hydrogen-bond acceptors (Lipinski definition) is 1. The lowest BCUT2D eigenvalue weighted by atomic mass is 10.2. The normalized spacial score (nSPS) is 10.4. The van der Waals surface area contributed by atoms with Crippen molar-refractivity contribution in [3.8, 4) is 0 Å². The second kappa shape index (κ2) is 2.44. The van der Waals surface area contributed by atoms with E-state index in [2.05, 4.69) is 4.98 Å². The minimum absolute atomic E-state index is 0.0892. The molecule has 0 fully saturated rings. The molecule has 2 aromatic rings. The third-order valence-corrected chi connectivity index (χ3v) is 1.95. The van der Waals surface area contributed by atoms with Crippen LogP contribution in [0.1, 0.15) is 0 Å². The van der Waals surface area contributed by atoms with Crippen molar-refractivity contribution in [1.29, 1.82) is 0 Å². The molecule has 0 saturated carbocycles. The fraction of sp³-hybridized carbons (Fsp3) is 0.111. The maximum Gasteiger partial charge on any atom is 0.495 e. The van der Waals surface area contributed by atoms with Gasteiger partial charge in [-0.05, 0) is 12.1 Å². The summed E-state index contributed by atoms with van der Waals surface area (Å²) in [5.74, 6) is 0. The van der Waals surface area contributed by atoms with Gasteiger partial charge in [0, 0.05) is 0 Å². The highest BCUT2D eigenvalue weighted by atomic mass is 16.1.